The third-order valence-corrected chi connectivity index (χ3v) is 5.05. The van der Waals surface area contributed by atoms with Gasteiger partial charge in [-0.15, -0.1) is 24.0 Å². The Labute approximate surface area is 190 Å². The first kappa shape index (κ1) is 25.5. The lowest BCUT2D eigenvalue weighted by Crippen LogP contribution is -2.49. The highest BCUT2D eigenvalue weighted by Crippen LogP contribution is 2.16. The molecule has 0 aliphatic carbocycles. The minimum atomic E-state index is -2.27. The van der Waals surface area contributed by atoms with E-state index < -0.39 is 6.43 Å². The number of likely N-dealkylation sites (tertiary alicyclic amines) is 1. The molecule has 1 fully saturated rings. The lowest BCUT2D eigenvalue weighted by Gasteiger charge is -2.32. The van der Waals surface area contributed by atoms with Crippen molar-refractivity contribution in [1.82, 2.24) is 15.5 Å². The van der Waals surface area contributed by atoms with Gasteiger partial charge in [-0.3, -0.25) is 9.89 Å². The first-order valence-electron chi connectivity index (χ1n) is 9.47. The average Bonchev–Trinajstić information content (AvgIpc) is 2.61. The van der Waals surface area contributed by atoms with Crippen LogP contribution in [-0.2, 0) is 6.42 Å². The zero-order valence-corrected chi connectivity index (χ0v) is 20.0. The molecule has 28 heavy (non-hydrogen) atoms. The van der Waals surface area contributed by atoms with Crippen molar-refractivity contribution in [3.8, 4) is 0 Å². The second kappa shape index (κ2) is 13.6. The third kappa shape index (κ3) is 9.30. The van der Waals surface area contributed by atoms with Crippen LogP contribution in [0.4, 0.5) is 13.2 Å². The summed E-state index contributed by atoms with van der Waals surface area (Å²) in [7, 11) is 0. The van der Waals surface area contributed by atoms with Gasteiger partial charge in [-0.1, -0.05) is 22.0 Å². The van der Waals surface area contributed by atoms with Crippen LogP contribution in [0.1, 0.15) is 31.7 Å². The number of halogens is 5. The van der Waals surface area contributed by atoms with Crippen LogP contribution in [0, 0.1) is 5.82 Å². The molecule has 160 valence electrons. The number of rotatable bonds is 8. The molecule has 0 aromatic heterocycles. The summed E-state index contributed by atoms with van der Waals surface area (Å²) in [5.74, 6) is 0.537. The quantitative estimate of drug-likeness (QED) is 0.208. The molecule has 1 heterocycles. The van der Waals surface area contributed by atoms with Gasteiger partial charge in [-0.25, -0.2) is 13.2 Å². The van der Waals surface area contributed by atoms with E-state index in [0.717, 1.165) is 36.2 Å². The number of nitrogens with zero attached hydrogens (tertiary/aromatic N) is 2. The van der Waals surface area contributed by atoms with Gasteiger partial charge in [0.25, 0.3) is 6.43 Å². The van der Waals surface area contributed by atoms with Gasteiger partial charge in [0.15, 0.2) is 5.96 Å². The molecule has 1 aromatic carbocycles. The highest BCUT2D eigenvalue weighted by atomic mass is 127. The number of nitrogens with one attached hydrogen (secondary N) is 2. The number of piperidine rings is 1. The molecule has 1 aromatic rings. The maximum Gasteiger partial charge on any atom is 0.251 e. The number of guanidine groups is 1. The Morgan fingerprint density at radius 1 is 1.32 bits per heavy atom. The Bertz CT molecular complexity index is 611. The second-order valence-electron chi connectivity index (χ2n) is 6.71. The molecule has 0 spiro atoms. The summed E-state index contributed by atoms with van der Waals surface area (Å²) < 4.78 is 39.5. The standard InChI is InChI=1S/C19H28BrF3N4.HI/c1-2-24-19(26-16-7-10-27(11-8-16)13-18(22)23)25-9-3-4-14-5-6-15(20)12-17(14)21;/h5-6,12,16,18H,2-4,7-11,13H2,1H3,(H2,24,25,26);1H. The fourth-order valence-electron chi connectivity index (χ4n) is 3.15. The van der Waals surface area contributed by atoms with E-state index in [1.807, 2.05) is 13.0 Å². The van der Waals surface area contributed by atoms with Crippen molar-refractivity contribution in [3.05, 3.63) is 34.1 Å². The molecule has 9 heteroatoms. The maximum atomic E-state index is 13.8. The van der Waals surface area contributed by atoms with Crippen LogP contribution in [0.2, 0.25) is 0 Å². The molecule has 1 saturated heterocycles. The lowest BCUT2D eigenvalue weighted by molar-refractivity contribution is 0.0744. The molecule has 1 aliphatic rings. The van der Waals surface area contributed by atoms with Crippen molar-refractivity contribution >= 4 is 45.9 Å². The van der Waals surface area contributed by atoms with Gasteiger partial charge in [0.1, 0.15) is 5.82 Å². The number of aliphatic imine (C=N–C) groups is 1. The molecule has 0 saturated carbocycles. The summed E-state index contributed by atoms with van der Waals surface area (Å²) in [6.07, 6.45) is 0.752. The van der Waals surface area contributed by atoms with Crippen LogP contribution in [0.15, 0.2) is 27.7 Å². The normalized spacial score (nSPS) is 16.1. The van der Waals surface area contributed by atoms with Gasteiger partial charge < -0.3 is 10.6 Å². The van der Waals surface area contributed by atoms with E-state index in [1.54, 1.807) is 11.0 Å². The van der Waals surface area contributed by atoms with Crippen LogP contribution in [0.25, 0.3) is 0 Å². The van der Waals surface area contributed by atoms with E-state index in [0.29, 0.717) is 31.6 Å². The van der Waals surface area contributed by atoms with Crippen molar-refractivity contribution < 1.29 is 13.2 Å². The number of aryl methyl sites for hydroxylation is 1. The Kier molecular flexibility index (Phi) is 12.4. The van der Waals surface area contributed by atoms with Crippen LogP contribution in [-0.4, -0.2) is 56.1 Å². The van der Waals surface area contributed by atoms with Crippen molar-refractivity contribution in [2.24, 2.45) is 4.99 Å². The van der Waals surface area contributed by atoms with Crippen LogP contribution in [0.5, 0.6) is 0 Å². The molecular formula is C19H29BrF3IN4. The van der Waals surface area contributed by atoms with Gasteiger partial charge in [0.2, 0.25) is 0 Å². The summed E-state index contributed by atoms with van der Waals surface area (Å²) in [6, 6.07) is 5.35. The van der Waals surface area contributed by atoms with E-state index in [4.69, 9.17) is 0 Å². The summed E-state index contributed by atoms with van der Waals surface area (Å²) in [5, 5.41) is 6.61. The van der Waals surface area contributed by atoms with Crippen molar-refractivity contribution in [2.45, 2.75) is 45.1 Å². The van der Waals surface area contributed by atoms with Crippen molar-refractivity contribution in [1.29, 1.82) is 0 Å². The SMILES string of the molecule is CCNC(=NCCCc1ccc(Br)cc1F)NC1CCN(CC(F)F)CC1.I. The van der Waals surface area contributed by atoms with E-state index in [9.17, 15) is 13.2 Å². The molecule has 0 radical (unpaired) electrons. The second-order valence-corrected chi connectivity index (χ2v) is 7.63. The number of hydrogen-bond donors (Lipinski definition) is 2. The van der Waals surface area contributed by atoms with Crippen LogP contribution >= 0.6 is 39.9 Å². The highest BCUT2D eigenvalue weighted by Gasteiger charge is 2.21. The third-order valence-electron chi connectivity index (χ3n) is 4.56. The summed E-state index contributed by atoms with van der Waals surface area (Å²) in [5.41, 5.74) is 0.692. The Morgan fingerprint density at radius 2 is 2.04 bits per heavy atom. The van der Waals surface area contributed by atoms with Crippen molar-refractivity contribution in [3.63, 3.8) is 0 Å². The van der Waals surface area contributed by atoms with Crippen LogP contribution in [0.3, 0.4) is 0 Å². The predicted octanol–water partition coefficient (Wildman–Crippen LogP) is 4.42. The Balaban J connectivity index is 0.00000392. The van der Waals surface area contributed by atoms with Gasteiger partial charge in [0, 0.05) is 36.7 Å². The predicted molar refractivity (Wildman–Crippen MR) is 122 cm³/mol. The van der Waals surface area contributed by atoms with E-state index in [1.165, 1.54) is 6.07 Å². The van der Waals surface area contributed by atoms with Gasteiger partial charge in [0.05, 0.1) is 6.54 Å². The topological polar surface area (TPSA) is 39.7 Å². The van der Waals surface area contributed by atoms with E-state index in [-0.39, 0.29) is 42.4 Å². The minimum Gasteiger partial charge on any atom is -0.357 e. The van der Waals surface area contributed by atoms with Gasteiger partial charge >= 0.3 is 0 Å². The summed E-state index contributed by atoms with van der Waals surface area (Å²) in [4.78, 5) is 6.37. The zero-order chi connectivity index (χ0) is 19.6. The van der Waals surface area contributed by atoms with E-state index in [2.05, 4.69) is 31.6 Å². The molecule has 0 unspecified atom stereocenters. The number of alkyl halides is 2. The smallest absolute Gasteiger partial charge is 0.251 e. The highest BCUT2D eigenvalue weighted by molar-refractivity contribution is 14.0. The molecule has 0 atom stereocenters. The van der Waals surface area contributed by atoms with Crippen molar-refractivity contribution in [2.75, 3.05) is 32.7 Å². The average molecular weight is 577 g/mol. The Morgan fingerprint density at radius 3 is 2.64 bits per heavy atom. The first-order chi connectivity index (χ1) is 13.0. The zero-order valence-electron chi connectivity index (χ0n) is 16.1. The molecule has 0 amide bonds. The first-order valence-corrected chi connectivity index (χ1v) is 10.3. The molecular weight excluding hydrogens is 548 g/mol. The largest absolute Gasteiger partial charge is 0.357 e. The summed E-state index contributed by atoms with van der Waals surface area (Å²) >= 11 is 3.26. The fourth-order valence-corrected chi connectivity index (χ4v) is 3.49. The summed E-state index contributed by atoms with van der Waals surface area (Å²) in [6.45, 7) is 4.54. The monoisotopic (exact) mass is 576 g/mol. The van der Waals surface area contributed by atoms with Crippen LogP contribution < -0.4 is 10.6 Å². The molecule has 1 aliphatic heterocycles. The van der Waals surface area contributed by atoms with Gasteiger partial charge in [-0.05, 0) is 50.3 Å². The molecule has 0 bridgehead atoms. The molecule has 4 nitrogen and oxygen atoms in total. The molecule has 2 N–H and O–H groups in total. The lowest BCUT2D eigenvalue weighted by atomic mass is 10.1. The molecule has 2 rings (SSSR count). The minimum absolute atomic E-state index is 0. The Hall–Kier alpha value is -0.550. The number of benzene rings is 1. The fraction of sp³-hybridized carbons (Fsp3) is 0.632. The van der Waals surface area contributed by atoms with E-state index >= 15 is 0 Å². The van der Waals surface area contributed by atoms with Gasteiger partial charge in [-0.2, -0.15) is 0 Å². The number of hydrogen-bond acceptors (Lipinski definition) is 2. The maximum absolute atomic E-state index is 13.8.